The van der Waals surface area contributed by atoms with Gasteiger partial charge in [0.05, 0.1) is 10.0 Å². The van der Waals surface area contributed by atoms with Crippen molar-refractivity contribution in [1.29, 1.82) is 0 Å². The van der Waals surface area contributed by atoms with E-state index in [1.165, 1.54) is 0 Å². The van der Waals surface area contributed by atoms with Crippen LogP contribution in [0.2, 0.25) is 10.0 Å². The van der Waals surface area contributed by atoms with E-state index in [2.05, 4.69) is 12.2 Å². The van der Waals surface area contributed by atoms with Gasteiger partial charge >= 0.3 is 6.09 Å². The van der Waals surface area contributed by atoms with E-state index < -0.39 is 5.60 Å². The summed E-state index contributed by atoms with van der Waals surface area (Å²) in [5.74, 6) is 0.283. The molecular weight excluding hydrogens is 335 g/mol. The Kier molecular flexibility index (Phi) is 7.65. The Morgan fingerprint density at radius 3 is 2.61 bits per heavy atom. The van der Waals surface area contributed by atoms with Crippen LogP contribution in [0, 0.1) is 5.92 Å². The molecule has 1 aromatic carbocycles. The summed E-state index contributed by atoms with van der Waals surface area (Å²) in [5.41, 5.74) is 0.489. The molecule has 0 radical (unpaired) electrons. The molecule has 0 aliphatic rings. The largest absolute Gasteiger partial charge is 0.444 e. The molecule has 0 fully saturated rings. The van der Waals surface area contributed by atoms with Crippen LogP contribution < -0.4 is 5.32 Å². The van der Waals surface area contributed by atoms with Gasteiger partial charge in [0, 0.05) is 20.1 Å². The highest BCUT2D eigenvalue weighted by atomic mass is 35.5. The molecule has 23 heavy (non-hydrogen) atoms. The fourth-order valence-corrected chi connectivity index (χ4v) is 2.47. The Morgan fingerprint density at radius 2 is 2.00 bits per heavy atom. The zero-order chi connectivity index (χ0) is 17.6. The molecule has 0 aliphatic heterocycles. The average molecular weight is 361 g/mol. The van der Waals surface area contributed by atoms with E-state index in [0.29, 0.717) is 23.1 Å². The zero-order valence-corrected chi connectivity index (χ0v) is 16.0. The maximum Gasteiger partial charge on any atom is 0.410 e. The van der Waals surface area contributed by atoms with Gasteiger partial charge in [0.15, 0.2) is 0 Å². The van der Waals surface area contributed by atoms with Gasteiger partial charge in [-0.3, -0.25) is 0 Å². The molecule has 0 aliphatic carbocycles. The number of nitrogens with zero attached hydrogens (tertiary/aromatic N) is 1. The molecule has 130 valence electrons. The van der Waals surface area contributed by atoms with E-state index >= 15 is 0 Å². The molecule has 0 bridgehead atoms. The minimum Gasteiger partial charge on any atom is -0.444 e. The molecule has 0 spiro atoms. The third kappa shape index (κ3) is 7.42. The topological polar surface area (TPSA) is 41.6 Å². The molecule has 0 saturated carbocycles. The van der Waals surface area contributed by atoms with E-state index in [4.69, 9.17) is 27.9 Å². The molecular formula is C17H26Cl2N2O2. The zero-order valence-electron chi connectivity index (χ0n) is 14.5. The third-order valence-corrected chi connectivity index (χ3v) is 3.99. The van der Waals surface area contributed by atoms with Crippen molar-refractivity contribution in [2.45, 2.75) is 39.8 Å². The molecule has 1 atom stereocenters. The number of benzene rings is 1. The summed E-state index contributed by atoms with van der Waals surface area (Å²) >= 11 is 12.1. The highest BCUT2D eigenvalue weighted by molar-refractivity contribution is 6.42. The van der Waals surface area contributed by atoms with Crippen LogP contribution in [0.1, 0.15) is 33.3 Å². The maximum absolute atomic E-state index is 11.9. The van der Waals surface area contributed by atoms with E-state index in [9.17, 15) is 4.79 Å². The number of rotatable bonds is 6. The predicted molar refractivity (Wildman–Crippen MR) is 96.2 cm³/mol. The number of ether oxygens (including phenoxy) is 1. The lowest BCUT2D eigenvalue weighted by Gasteiger charge is -2.26. The number of hydrogen-bond donors (Lipinski definition) is 1. The van der Waals surface area contributed by atoms with Crippen LogP contribution >= 0.6 is 23.2 Å². The van der Waals surface area contributed by atoms with Gasteiger partial charge < -0.3 is 15.0 Å². The minimum absolute atomic E-state index is 0.283. The van der Waals surface area contributed by atoms with Crippen molar-refractivity contribution in [3.63, 3.8) is 0 Å². The van der Waals surface area contributed by atoms with Crippen molar-refractivity contribution in [2.75, 3.05) is 20.1 Å². The summed E-state index contributed by atoms with van der Waals surface area (Å²) in [7, 11) is 1.75. The number of carbonyl (C=O) groups excluding carboxylic acids is 1. The van der Waals surface area contributed by atoms with Crippen LogP contribution in [0.4, 0.5) is 4.79 Å². The molecule has 1 N–H and O–H groups in total. The molecule has 1 rings (SSSR count). The quantitative estimate of drug-likeness (QED) is 0.806. The molecule has 0 aromatic heterocycles. The van der Waals surface area contributed by atoms with Gasteiger partial charge in [-0.05, 0) is 44.9 Å². The van der Waals surface area contributed by atoms with Crippen LogP contribution in [-0.4, -0.2) is 36.7 Å². The van der Waals surface area contributed by atoms with Gasteiger partial charge in [0.1, 0.15) is 5.60 Å². The SMILES string of the molecule is CC(CNCc1cccc(Cl)c1Cl)CN(C)C(=O)OC(C)(C)C. The van der Waals surface area contributed by atoms with Crippen molar-refractivity contribution < 1.29 is 9.53 Å². The maximum atomic E-state index is 11.9. The fraction of sp³-hybridized carbons (Fsp3) is 0.588. The summed E-state index contributed by atoms with van der Waals surface area (Å²) in [6.07, 6.45) is -0.303. The average Bonchev–Trinajstić information content (AvgIpc) is 2.41. The summed E-state index contributed by atoms with van der Waals surface area (Å²) in [6.45, 7) is 9.67. The van der Waals surface area contributed by atoms with Gasteiger partial charge in [-0.15, -0.1) is 0 Å². The van der Waals surface area contributed by atoms with Crippen LogP contribution in [0.25, 0.3) is 0 Å². The molecule has 0 saturated heterocycles. The number of nitrogens with one attached hydrogen (secondary N) is 1. The van der Waals surface area contributed by atoms with Crippen molar-refractivity contribution in [3.8, 4) is 0 Å². The fourth-order valence-electron chi connectivity index (χ4n) is 2.08. The second kappa shape index (κ2) is 8.76. The second-order valence-corrected chi connectivity index (χ2v) is 7.60. The van der Waals surface area contributed by atoms with E-state index in [1.54, 1.807) is 18.0 Å². The van der Waals surface area contributed by atoms with E-state index in [-0.39, 0.29) is 12.0 Å². The number of carbonyl (C=O) groups is 1. The standard InChI is InChI=1S/C17H26Cl2N2O2/c1-12(11-21(5)16(22)23-17(2,3)4)9-20-10-13-7-6-8-14(18)15(13)19/h6-8,12,20H,9-11H2,1-5H3. The van der Waals surface area contributed by atoms with E-state index in [0.717, 1.165) is 12.1 Å². The molecule has 6 heteroatoms. The summed E-state index contributed by atoms with van der Waals surface area (Å²) in [4.78, 5) is 13.5. The molecule has 1 amide bonds. The van der Waals surface area contributed by atoms with Crippen molar-refractivity contribution >= 4 is 29.3 Å². The molecule has 1 unspecified atom stereocenters. The number of amides is 1. The first-order valence-electron chi connectivity index (χ1n) is 7.68. The number of hydrogen-bond acceptors (Lipinski definition) is 3. The Labute approximate surface area is 149 Å². The summed E-state index contributed by atoms with van der Waals surface area (Å²) < 4.78 is 5.34. The lowest BCUT2D eigenvalue weighted by Crippen LogP contribution is -2.38. The first-order valence-corrected chi connectivity index (χ1v) is 8.43. The van der Waals surface area contributed by atoms with Crippen molar-refractivity contribution in [2.24, 2.45) is 5.92 Å². The van der Waals surface area contributed by atoms with Crippen LogP contribution in [-0.2, 0) is 11.3 Å². The lowest BCUT2D eigenvalue weighted by molar-refractivity contribution is 0.0277. The number of halogens is 2. The minimum atomic E-state index is -0.476. The van der Waals surface area contributed by atoms with Crippen molar-refractivity contribution in [1.82, 2.24) is 10.2 Å². The summed E-state index contributed by atoms with van der Waals surface area (Å²) in [5, 5.41) is 4.48. The molecule has 4 nitrogen and oxygen atoms in total. The Morgan fingerprint density at radius 1 is 1.35 bits per heavy atom. The highest BCUT2D eigenvalue weighted by Crippen LogP contribution is 2.25. The van der Waals surface area contributed by atoms with Crippen molar-refractivity contribution in [3.05, 3.63) is 33.8 Å². The monoisotopic (exact) mass is 360 g/mol. The Hall–Kier alpha value is -0.970. The van der Waals surface area contributed by atoms with Crippen LogP contribution in [0.15, 0.2) is 18.2 Å². The predicted octanol–water partition coefficient (Wildman–Crippen LogP) is 4.59. The lowest BCUT2D eigenvalue weighted by atomic mass is 10.1. The molecule has 0 heterocycles. The van der Waals surface area contributed by atoms with Gasteiger partial charge in [-0.2, -0.15) is 0 Å². The summed E-state index contributed by atoms with van der Waals surface area (Å²) in [6, 6.07) is 5.59. The molecule has 1 aromatic rings. The highest BCUT2D eigenvalue weighted by Gasteiger charge is 2.20. The van der Waals surface area contributed by atoms with Gasteiger partial charge in [-0.25, -0.2) is 4.79 Å². The first kappa shape index (κ1) is 20.1. The van der Waals surface area contributed by atoms with E-state index in [1.807, 2.05) is 32.9 Å². The Balaban J connectivity index is 2.38. The van der Waals surface area contributed by atoms with Gasteiger partial charge in [0.2, 0.25) is 0 Å². The van der Waals surface area contributed by atoms with Crippen LogP contribution in [0.5, 0.6) is 0 Å². The van der Waals surface area contributed by atoms with Gasteiger partial charge in [0.25, 0.3) is 0 Å². The first-order chi connectivity index (χ1) is 10.6. The third-order valence-electron chi connectivity index (χ3n) is 3.13. The van der Waals surface area contributed by atoms with Gasteiger partial charge in [-0.1, -0.05) is 42.3 Å². The Bertz CT molecular complexity index is 530. The second-order valence-electron chi connectivity index (χ2n) is 6.81. The van der Waals surface area contributed by atoms with Crippen LogP contribution in [0.3, 0.4) is 0 Å². The smallest absolute Gasteiger partial charge is 0.410 e. The normalized spacial score (nSPS) is 12.8.